The predicted molar refractivity (Wildman–Crippen MR) is 125 cm³/mol. The lowest BCUT2D eigenvalue weighted by molar-refractivity contribution is -0.192. The molecule has 12 nitrogen and oxygen atoms in total. The van der Waals surface area contributed by atoms with E-state index in [-0.39, 0.29) is 29.1 Å². The Labute approximate surface area is 219 Å². The molecule has 0 unspecified atom stereocenters. The van der Waals surface area contributed by atoms with E-state index < -0.39 is 30.1 Å². The lowest BCUT2D eigenvalue weighted by Crippen LogP contribution is -2.68. The van der Waals surface area contributed by atoms with Crippen molar-refractivity contribution >= 4 is 41.6 Å². The average molecular weight is 565 g/mol. The summed E-state index contributed by atoms with van der Waals surface area (Å²) >= 11 is 1.41. The fourth-order valence-corrected chi connectivity index (χ4v) is 5.80. The van der Waals surface area contributed by atoms with Crippen LogP contribution in [0.3, 0.4) is 0 Å². The van der Waals surface area contributed by atoms with E-state index in [0.29, 0.717) is 62.4 Å². The molecule has 4 rings (SSSR count). The minimum Gasteiger partial charge on any atom is -0.477 e. The summed E-state index contributed by atoms with van der Waals surface area (Å²) in [7, 11) is 0. The van der Waals surface area contributed by atoms with Gasteiger partial charge in [0.2, 0.25) is 11.8 Å². The number of hydrogen-bond acceptors (Lipinski definition) is 8. The van der Waals surface area contributed by atoms with E-state index in [0.717, 1.165) is 0 Å². The largest absolute Gasteiger partial charge is 0.490 e. The Morgan fingerprint density at radius 3 is 2.29 bits per heavy atom. The third-order valence-electron chi connectivity index (χ3n) is 6.42. The number of likely N-dealkylation sites (tertiary alicyclic amines) is 2. The third kappa shape index (κ3) is 6.06. The van der Waals surface area contributed by atoms with Crippen molar-refractivity contribution in [1.29, 1.82) is 0 Å². The number of carbonyl (C=O) groups is 5. The smallest absolute Gasteiger partial charge is 0.477 e. The number of ether oxygens (including phenoxy) is 1. The first-order chi connectivity index (χ1) is 17.8. The number of allylic oxidation sites excluding steroid dienone is 1. The van der Waals surface area contributed by atoms with Crippen LogP contribution in [-0.2, 0) is 23.9 Å². The molecule has 38 heavy (non-hydrogen) atoms. The first-order valence-corrected chi connectivity index (χ1v) is 12.7. The van der Waals surface area contributed by atoms with Crippen molar-refractivity contribution in [3.05, 3.63) is 22.9 Å². The summed E-state index contributed by atoms with van der Waals surface area (Å²) in [6.45, 7) is 3.74. The normalized spacial score (nSPS) is 25.1. The van der Waals surface area contributed by atoms with Crippen molar-refractivity contribution in [1.82, 2.24) is 14.7 Å². The number of carboxylic acids is 2. The van der Waals surface area contributed by atoms with E-state index in [1.54, 1.807) is 17.9 Å². The van der Waals surface area contributed by atoms with Gasteiger partial charge in [-0.2, -0.15) is 13.2 Å². The standard InChI is InChI=1S/C20H26N4O6S.C2HF3O2/c1-2-30-20(29)22-6-4-13(5-7-22)23-8-3-11(16(23)25)9-12-10-31-18-14(21)17(26)24(18)15(12)19(27)28;3-2(4,5)1(6)7/h9,13-14,18H,2-8,10,21H2,1H3,(H,27,28);(H,6,7)/b11-9+;/t14-,18-;/m1./s1. The van der Waals surface area contributed by atoms with Crippen molar-refractivity contribution in [2.75, 3.05) is 32.0 Å². The van der Waals surface area contributed by atoms with Crippen molar-refractivity contribution in [3.8, 4) is 0 Å². The number of alkyl halides is 3. The molecule has 4 heterocycles. The second-order valence-corrected chi connectivity index (χ2v) is 9.86. The average Bonchev–Trinajstić information content (AvgIpc) is 3.22. The molecule has 0 spiro atoms. The Morgan fingerprint density at radius 2 is 1.76 bits per heavy atom. The zero-order valence-corrected chi connectivity index (χ0v) is 21.1. The Bertz CT molecular complexity index is 1070. The maximum atomic E-state index is 13.0. The molecule has 3 amide bonds. The van der Waals surface area contributed by atoms with Gasteiger partial charge in [0.05, 0.1) is 6.61 Å². The molecule has 4 aliphatic rings. The van der Waals surface area contributed by atoms with E-state index in [4.69, 9.17) is 20.4 Å². The second-order valence-electron chi connectivity index (χ2n) is 8.75. The molecule has 0 radical (unpaired) electrons. The Kier molecular flexibility index (Phi) is 8.97. The molecule has 4 N–H and O–H groups in total. The van der Waals surface area contributed by atoms with Crippen LogP contribution in [0.2, 0.25) is 0 Å². The van der Waals surface area contributed by atoms with Crippen molar-refractivity contribution < 1.29 is 52.1 Å². The van der Waals surface area contributed by atoms with Gasteiger partial charge >= 0.3 is 24.2 Å². The molecular formula is C22H27F3N4O8S. The molecule has 210 valence electrons. The van der Waals surface area contributed by atoms with Gasteiger partial charge in [0, 0.05) is 37.0 Å². The maximum absolute atomic E-state index is 13.0. The maximum Gasteiger partial charge on any atom is 0.490 e. The molecule has 4 aliphatic heterocycles. The van der Waals surface area contributed by atoms with E-state index in [9.17, 15) is 37.5 Å². The minimum absolute atomic E-state index is 0.0390. The second kappa shape index (κ2) is 11.6. The first-order valence-electron chi connectivity index (χ1n) is 11.7. The van der Waals surface area contributed by atoms with E-state index in [1.165, 1.54) is 16.7 Å². The number of halogens is 3. The highest BCUT2D eigenvalue weighted by molar-refractivity contribution is 8.00. The zero-order valence-electron chi connectivity index (χ0n) is 20.3. The van der Waals surface area contributed by atoms with Crippen LogP contribution in [-0.4, -0.2) is 110 Å². The van der Waals surface area contributed by atoms with Crippen molar-refractivity contribution in [2.24, 2.45) is 5.73 Å². The van der Waals surface area contributed by atoms with Crippen LogP contribution in [0.4, 0.5) is 18.0 Å². The van der Waals surface area contributed by atoms with Crippen LogP contribution in [0.1, 0.15) is 26.2 Å². The Morgan fingerprint density at radius 1 is 1.16 bits per heavy atom. The van der Waals surface area contributed by atoms with Crippen LogP contribution in [0.15, 0.2) is 22.9 Å². The quantitative estimate of drug-likeness (QED) is 0.330. The molecular weight excluding hydrogens is 537 g/mol. The summed E-state index contributed by atoms with van der Waals surface area (Å²) in [5.41, 5.74) is 6.73. The van der Waals surface area contributed by atoms with Gasteiger partial charge in [-0.3, -0.25) is 14.5 Å². The number of nitrogens with zero attached hydrogens (tertiary/aromatic N) is 3. The lowest BCUT2D eigenvalue weighted by Gasteiger charge is -2.47. The molecule has 0 aliphatic carbocycles. The molecule has 2 atom stereocenters. The highest BCUT2D eigenvalue weighted by atomic mass is 32.2. The van der Waals surface area contributed by atoms with Gasteiger partial charge in [-0.15, -0.1) is 11.8 Å². The summed E-state index contributed by atoms with van der Waals surface area (Å²) in [6, 6.07) is -0.644. The molecule has 3 fully saturated rings. The minimum atomic E-state index is -5.08. The summed E-state index contributed by atoms with van der Waals surface area (Å²) in [5, 5.41) is 16.4. The van der Waals surface area contributed by atoms with Gasteiger partial charge in [0.1, 0.15) is 17.1 Å². The first kappa shape index (κ1) is 29.3. The van der Waals surface area contributed by atoms with E-state index in [1.807, 2.05) is 4.90 Å². The molecule has 0 saturated carbocycles. The van der Waals surface area contributed by atoms with Crippen LogP contribution in [0.25, 0.3) is 0 Å². The van der Waals surface area contributed by atoms with Gasteiger partial charge in [-0.05, 0) is 37.8 Å². The van der Waals surface area contributed by atoms with E-state index >= 15 is 0 Å². The van der Waals surface area contributed by atoms with E-state index in [2.05, 4.69) is 0 Å². The SMILES string of the molecule is CCOC(=O)N1CCC(N2CC/C(=C\C3=C(C(=O)O)N4C(=O)[C@@H](N)[C@H]4SC3)C2=O)CC1.O=C(O)C(F)(F)F. The van der Waals surface area contributed by atoms with Crippen molar-refractivity contribution in [2.45, 2.75) is 49.8 Å². The molecule has 0 bridgehead atoms. The number of piperidine rings is 1. The summed E-state index contributed by atoms with van der Waals surface area (Å²) in [4.78, 5) is 62.4. The zero-order chi connectivity index (χ0) is 28.4. The number of β-lactam (4-membered cyclic amide) rings is 1. The summed E-state index contributed by atoms with van der Waals surface area (Å²) in [5.74, 6) is -4.07. The molecule has 16 heteroatoms. The van der Waals surface area contributed by atoms with Gasteiger partial charge in [0.15, 0.2) is 0 Å². The fourth-order valence-electron chi connectivity index (χ4n) is 4.55. The van der Waals surface area contributed by atoms with Gasteiger partial charge in [-0.1, -0.05) is 0 Å². The number of thioether (sulfide) groups is 1. The fraction of sp³-hybridized carbons (Fsp3) is 0.591. The van der Waals surface area contributed by atoms with Crippen LogP contribution in [0.5, 0.6) is 0 Å². The Hall–Kier alpha value is -3.27. The van der Waals surface area contributed by atoms with Crippen LogP contribution >= 0.6 is 11.8 Å². The number of fused-ring (bicyclic) bond motifs is 1. The summed E-state index contributed by atoms with van der Waals surface area (Å²) in [6.07, 6.45) is -1.89. The van der Waals surface area contributed by atoms with Gasteiger partial charge in [-0.25, -0.2) is 14.4 Å². The highest BCUT2D eigenvalue weighted by Gasteiger charge is 2.51. The molecule has 0 aromatic rings. The predicted octanol–water partition coefficient (Wildman–Crippen LogP) is 0.980. The topological polar surface area (TPSA) is 171 Å². The monoisotopic (exact) mass is 564 g/mol. The summed E-state index contributed by atoms with van der Waals surface area (Å²) < 4.78 is 36.8. The Balaban J connectivity index is 0.000000505. The number of aliphatic carboxylic acids is 2. The van der Waals surface area contributed by atoms with Gasteiger partial charge < -0.3 is 30.5 Å². The van der Waals surface area contributed by atoms with Gasteiger partial charge in [0.25, 0.3) is 0 Å². The number of carboxylic acid groups (broad SMARTS) is 2. The molecule has 0 aromatic heterocycles. The number of nitrogens with two attached hydrogens (primary N) is 1. The number of carbonyl (C=O) groups excluding carboxylic acids is 3. The molecule has 0 aromatic carbocycles. The number of rotatable bonds is 4. The molecule has 3 saturated heterocycles. The third-order valence-corrected chi connectivity index (χ3v) is 7.74. The van der Waals surface area contributed by atoms with Crippen LogP contribution in [0, 0.1) is 0 Å². The number of amides is 3. The number of hydrogen-bond donors (Lipinski definition) is 3. The highest BCUT2D eigenvalue weighted by Crippen LogP contribution is 2.40. The van der Waals surface area contributed by atoms with Crippen molar-refractivity contribution in [3.63, 3.8) is 0 Å². The van der Waals surface area contributed by atoms with Crippen LogP contribution < -0.4 is 5.73 Å². The lowest BCUT2D eigenvalue weighted by atomic mass is 10.0.